The van der Waals surface area contributed by atoms with Gasteiger partial charge >= 0.3 is 5.63 Å². The molecule has 2 heterocycles. The Kier molecular flexibility index (Phi) is 4.48. The van der Waals surface area contributed by atoms with Gasteiger partial charge in [0.2, 0.25) is 0 Å². The van der Waals surface area contributed by atoms with Crippen LogP contribution in [0, 0.1) is 0 Å². The lowest BCUT2D eigenvalue weighted by molar-refractivity contribution is 0.0935. The van der Waals surface area contributed by atoms with Crippen LogP contribution in [0.4, 0.5) is 0 Å². The number of nitrogens with zero attached hydrogens (tertiary/aromatic N) is 1. The van der Waals surface area contributed by atoms with Crippen molar-refractivity contribution in [3.8, 4) is 0 Å². The second kappa shape index (κ2) is 6.72. The van der Waals surface area contributed by atoms with E-state index in [4.69, 9.17) is 8.83 Å². The first kappa shape index (κ1) is 16.0. The van der Waals surface area contributed by atoms with Crippen LogP contribution in [0.1, 0.15) is 22.2 Å². The number of hydrogen-bond donors (Lipinski definition) is 1. The van der Waals surface area contributed by atoms with E-state index in [2.05, 4.69) is 5.32 Å². The summed E-state index contributed by atoms with van der Waals surface area (Å²) in [5, 5.41) is 3.48. The maximum atomic E-state index is 12.4. The lowest BCUT2D eigenvalue weighted by Gasteiger charge is -2.22. The first-order valence-corrected chi connectivity index (χ1v) is 7.57. The standard InChI is InChI=1S/C18H18N2O4/c1-20(2)14(16-8-5-9-23-16)11-19-17(21)13-10-12-6-3-4-7-15(12)24-18(13)22/h3-10,14H,11H2,1-2H3,(H,19,21)/t14-/m1/s1. The quantitative estimate of drug-likeness (QED) is 0.729. The van der Waals surface area contributed by atoms with Crippen molar-refractivity contribution in [1.82, 2.24) is 10.2 Å². The minimum Gasteiger partial charge on any atom is -0.468 e. The molecule has 3 rings (SSSR count). The largest absolute Gasteiger partial charge is 0.468 e. The normalized spacial score (nSPS) is 12.5. The van der Waals surface area contributed by atoms with Gasteiger partial charge in [0.05, 0.1) is 12.3 Å². The third-order valence-electron chi connectivity index (χ3n) is 3.84. The molecule has 0 saturated carbocycles. The molecular weight excluding hydrogens is 308 g/mol. The van der Waals surface area contributed by atoms with Crippen molar-refractivity contribution in [2.24, 2.45) is 0 Å². The molecule has 0 spiro atoms. The number of hydrogen-bond acceptors (Lipinski definition) is 5. The Morgan fingerprint density at radius 3 is 2.71 bits per heavy atom. The van der Waals surface area contributed by atoms with Gasteiger partial charge in [-0.3, -0.25) is 9.69 Å². The maximum absolute atomic E-state index is 12.4. The summed E-state index contributed by atoms with van der Waals surface area (Å²) in [5.74, 6) is 0.277. The SMILES string of the molecule is CN(C)[C@H](CNC(=O)c1cc2ccccc2oc1=O)c1ccco1. The van der Waals surface area contributed by atoms with Gasteiger partial charge in [-0.15, -0.1) is 0 Å². The van der Waals surface area contributed by atoms with Crippen molar-refractivity contribution < 1.29 is 13.6 Å². The molecule has 124 valence electrons. The molecule has 0 aliphatic carbocycles. The molecule has 0 unspecified atom stereocenters. The molecule has 0 radical (unpaired) electrons. The van der Waals surface area contributed by atoms with Gasteiger partial charge in [0, 0.05) is 11.9 Å². The topological polar surface area (TPSA) is 75.7 Å². The van der Waals surface area contributed by atoms with Crippen LogP contribution in [0.15, 0.2) is 62.4 Å². The van der Waals surface area contributed by atoms with Gasteiger partial charge in [-0.1, -0.05) is 18.2 Å². The number of nitrogens with one attached hydrogen (secondary N) is 1. The number of benzene rings is 1. The zero-order valence-corrected chi connectivity index (χ0v) is 13.5. The molecule has 1 atom stereocenters. The summed E-state index contributed by atoms with van der Waals surface area (Å²) in [5.41, 5.74) is -0.197. The minimum absolute atomic E-state index is 0.00866. The van der Waals surface area contributed by atoms with Crippen molar-refractivity contribution in [3.05, 3.63) is 70.5 Å². The molecule has 0 fully saturated rings. The highest BCUT2D eigenvalue weighted by Crippen LogP contribution is 2.18. The molecule has 0 saturated heterocycles. The predicted molar refractivity (Wildman–Crippen MR) is 90.0 cm³/mol. The van der Waals surface area contributed by atoms with E-state index in [0.29, 0.717) is 17.5 Å². The molecule has 6 heteroatoms. The third-order valence-corrected chi connectivity index (χ3v) is 3.84. The molecule has 0 bridgehead atoms. The van der Waals surface area contributed by atoms with Gasteiger partial charge in [0.25, 0.3) is 5.91 Å². The second-order valence-corrected chi connectivity index (χ2v) is 5.69. The van der Waals surface area contributed by atoms with E-state index in [0.717, 1.165) is 5.76 Å². The summed E-state index contributed by atoms with van der Waals surface area (Å²) in [6.07, 6.45) is 1.59. The minimum atomic E-state index is -0.648. The second-order valence-electron chi connectivity index (χ2n) is 5.69. The highest BCUT2D eigenvalue weighted by Gasteiger charge is 2.20. The Morgan fingerprint density at radius 1 is 1.21 bits per heavy atom. The van der Waals surface area contributed by atoms with E-state index in [1.807, 2.05) is 31.1 Å². The van der Waals surface area contributed by atoms with Crippen molar-refractivity contribution in [3.63, 3.8) is 0 Å². The van der Waals surface area contributed by atoms with Crippen LogP contribution in [0.25, 0.3) is 11.0 Å². The molecule has 0 aliphatic heterocycles. The van der Waals surface area contributed by atoms with Crippen LogP contribution in [0.5, 0.6) is 0 Å². The highest BCUT2D eigenvalue weighted by atomic mass is 16.4. The third kappa shape index (κ3) is 3.23. The van der Waals surface area contributed by atoms with Crippen LogP contribution in [0.2, 0.25) is 0 Å². The fraction of sp³-hybridized carbons (Fsp3) is 0.222. The number of para-hydroxylation sites is 1. The molecule has 1 N–H and O–H groups in total. The van der Waals surface area contributed by atoms with E-state index in [1.54, 1.807) is 36.6 Å². The number of rotatable bonds is 5. The number of fused-ring (bicyclic) bond motifs is 1. The molecule has 6 nitrogen and oxygen atoms in total. The van der Waals surface area contributed by atoms with Crippen LogP contribution in [-0.2, 0) is 0 Å². The van der Waals surface area contributed by atoms with Gasteiger partial charge in [0.1, 0.15) is 16.9 Å². The summed E-state index contributed by atoms with van der Waals surface area (Å²) in [7, 11) is 3.79. The van der Waals surface area contributed by atoms with Crippen LogP contribution >= 0.6 is 0 Å². The summed E-state index contributed by atoms with van der Waals surface area (Å²) < 4.78 is 10.6. The van der Waals surface area contributed by atoms with Gasteiger partial charge in [-0.2, -0.15) is 0 Å². The fourth-order valence-corrected chi connectivity index (χ4v) is 2.52. The van der Waals surface area contributed by atoms with E-state index >= 15 is 0 Å². The Bertz CT molecular complexity index is 897. The van der Waals surface area contributed by atoms with E-state index in [9.17, 15) is 9.59 Å². The van der Waals surface area contributed by atoms with Crippen molar-refractivity contribution >= 4 is 16.9 Å². The zero-order valence-electron chi connectivity index (χ0n) is 13.5. The maximum Gasteiger partial charge on any atom is 0.349 e. The lowest BCUT2D eigenvalue weighted by Crippen LogP contribution is -2.36. The number of carbonyl (C=O) groups is 1. The van der Waals surface area contributed by atoms with Crippen molar-refractivity contribution in [1.29, 1.82) is 0 Å². The van der Waals surface area contributed by atoms with E-state index in [1.165, 1.54) is 0 Å². The highest BCUT2D eigenvalue weighted by molar-refractivity contribution is 5.96. The molecular formula is C18H18N2O4. The lowest BCUT2D eigenvalue weighted by atomic mass is 10.1. The van der Waals surface area contributed by atoms with E-state index in [-0.39, 0.29) is 11.6 Å². The average Bonchev–Trinajstić information content (AvgIpc) is 3.08. The summed E-state index contributed by atoms with van der Waals surface area (Å²) in [6, 6.07) is 12.1. The van der Waals surface area contributed by atoms with Gasteiger partial charge < -0.3 is 14.2 Å². The zero-order chi connectivity index (χ0) is 17.1. The Balaban J connectivity index is 1.80. The van der Waals surface area contributed by atoms with E-state index < -0.39 is 11.5 Å². The average molecular weight is 326 g/mol. The van der Waals surface area contributed by atoms with Crippen LogP contribution in [-0.4, -0.2) is 31.4 Å². The fourth-order valence-electron chi connectivity index (χ4n) is 2.52. The Hall–Kier alpha value is -2.86. The van der Waals surface area contributed by atoms with Gasteiger partial charge in [0.15, 0.2) is 0 Å². The predicted octanol–water partition coefficient (Wildman–Crippen LogP) is 2.42. The Labute approximate surface area is 138 Å². The Morgan fingerprint density at radius 2 is 2.00 bits per heavy atom. The number of furan rings is 1. The smallest absolute Gasteiger partial charge is 0.349 e. The van der Waals surface area contributed by atoms with Gasteiger partial charge in [-0.25, -0.2) is 4.79 Å². The van der Waals surface area contributed by atoms with Crippen molar-refractivity contribution in [2.45, 2.75) is 6.04 Å². The molecule has 1 aromatic carbocycles. The molecule has 1 amide bonds. The molecule has 2 aromatic heterocycles. The first-order chi connectivity index (χ1) is 11.6. The van der Waals surface area contributed by atoms with Crippen molar-refractivity contribution in [2.75, 3.05) is 20.6 Å². The molecule has 0 aliphatic rings. The van der Waals surface area contributed by atoms with Crippen LogP contribution < -0.4 is 10.9 Å². The number of carbonyl (C=O) groups excluding carboxylic acids is 1. The number of amides is 1. The summed E-state index contributed by atoms with van der Waals surface area (Å²) >= 11 is 0. The van der Waals surface area contributed by atoms with Gasteiger partial charge in [-0.05, 0) is 38.4 Å². The monoisotopic (exact) mass is 326 g/mol. The summed E-state index contributed by atoms with van der Waals surface area (Å²) in [6.45, 7) is 0.311. The molecule has 3 aromatic rings. The summed E-state index contributed by atoms with van der Waals surface area (Å²) in [4.78, 5) is 26.3. The number of likely N-dealkylation sites (N-methyl/N-ethyl adjacent to an activating group) is 1. The molecule has 24 heavy (non-hydrogen) atoms. The van der Waals surface area contributed by atoms with Crippen LogP contribution in [0.3, 0.4) is 0 Å². The first-order valence-electron chi connectivity index (χ1n) is 7.57.